The Bertz CT molecular complexity index is 691. The lowest BCUT2D eigenvalue weighted by atomic mass is 10.1. The molecular weight excluding hydrogens is 310 g/mol. The Morgan fingerprint density at radius 3 is 2.28 bits per heavy atom. The molecule has 2 rings (SSSR count). The highest BCUT2D eigenvalue weighted by Gasteiger charge is 2.08. The van der Waals surface area contributed by atoms with Crippen LogP contribution in [-0.2, 0) is 4.79 Å². The van der Waals surface area contributed by atoms with Crippen molar-refractivity contribution in [2.45, 2.75) is 34.1 Å². The fraction of sp³-hybridized carbons (Fsp3) is 0.381. The van der Waals surface area contributed by atoms with Gasteiger partial charge in [-0.2, -0.15) is 0 Å². The average Bonchev–Trinajstić information content (AvgIpc) is 2.60. The van der Waals surface area contributed by atoms with Gasteiger partial charge in [-0.15, -0.1) is 0 Å². The summed E-state index contributed by atoms with van der Waals surface area (Å²) in [7, 11) is 0. The zero-order valence-electron chi connectivity index (χ0n) is 15.7. The summed E-state index contributed by atoms with van der Waals surface area (Å²) >= 11 is 0. The van der Waals surface area contributed by atoms with Gasteiger partial charge in [-0.05, 0) is 63.6 Å². The maximum atomic E-state index is 12.2. The third-order valence-corrected chi connectivity index (χ3v) is 4.35. The molecule has 0 aliphatic heterocycles. The van der Waals surface area contributed by atoms with E-state index in [2.05, 4.69) is 60.6 Å². The molecule has 1 amide bonds. The van der Waals surface area contributed by atoms with Crippen LogP contribution in [-0.4, -0.2) is 25.5 Å². The molecule has 4 heteroatoms. The summed E-state index contributed by atoms with van der Waals surface area (Å²) in [5.74, 6) is 0.0262. The van der Waals surface area contributed by atoms with E-state index in [0.717, 1.165) is 30.0 Å². The second-order valence-corrected chi connectivity index (χ2v) is 6.26. The van der Waals surface area contributed by atoms with E-state index >= 15 is 0 Å². The van der Waals surface area contributed by atoms with Crippen molar-refractivity contribution >= 4 is 23.0 Å². The molecule has 25 heavy (non-hydrogen) atoms. The zero-order chi connectivity index (χ0) is 18.2. The minimum absolute atomic E-state index is 0.0262. The largest absolute Gasteiger partial charge is 0.385 e. The number of rotatable bonds is 8. The topological polar surface area (TPSA) is 44.4 Å². The maximum Gasteiger partial charge on any atom is 0.226 e. The summed E-state index contributed by atoms with van der Waals surface area (Å²) < 4.78 is 0. The molecule has 0 bridgehead atoms. The van der Waals surface area contributed by atoms with Crippen LogP contribution in [0.1, 0.15) is 31.4 Å². The SMILES string of the molecule is CCN(CC)c1ccc(NC(=O)CCNc2ccc(C)cc2)c(C)c1. The van der Waals surface area contributed by atoms with Gasteiger partial charge in [0.15, 0.2) is 0 Å². The van der Waals surface area contributed by atoms with Crippen molar-refractivity contribution in [1.82, 2.24) is 0 Å². The normalized spacial score (nSPS) is 10.4. The first-order chi connectivity index (χ1) is 12.0. The number of carbonyl (C=O) groups is 1. The van der Waals surface area contributed by atoms with Crippen LogP contribution in [0.15, 0.2) is 42.5 Å². The summed E-state index contributed by atoms with van der Waals surface area (Å²) in [6.07, 6.45) is 0.436. The second kappa shape index (κ2) is 9.11. The fourth-order valence-corrected chi connectivity index (χ4v) is 2.78. The van der Waals surface area contributed by atoms with Gasteiger partial charge >= 0.3 is 0 Å². The number of nitrogens with one attached hydrogen (secondary N) is 2. The van der Waals surface area contributed by atoms with Crippen LogP contribution < -0.4 is 15.5 Å². The first kappa shape index (κ1) is 18.8. The van der Waals surface area contributed by atoms with Gasteiger partial charge in [0, 0.05) is 43.1 Å². The Morgan fingerprint density at radius 1 is 1.00 bits per heavy atom. The first-order valence-corrected chi connectivity index (χ1v) is 8.99. The number of aryl methyl sites for hydroxylation is 2. The monoisotopic (exact) mass is 339 g/mol. The van der Waals surface area contributed by atoms with Gasteiger partial charge in [0.25, 0.3) is 0 Å². The van der Waals surface area contributed by atoms with Crippen LogP contribution in [0, 0.1) is 13.8 Å². The molecule has 0 spiro atoms. The lowest BCUT2D eigenvalue weighted by Gasteiger charge is -2.22. The number of nitrogens with zero attached hydrogens (tertiary/aromatic N) is 1. The Kier molecular flexibility index (Phi) is 6.87. The lowest BCUT2D eigenvalue weighted by molar-refractivity contribution is -0.115. The highest BCUT2D eigenvalue weighted by Crippen LogP contribution is 2.22. The van der Waals surface area contributed by atoms with Crippen LogP contribution in [0.25, 0.3) is 0 Å². The van der Waals surface area contributed by atoms with Gasteiger partial charge in [0.2, 0.25) is 5.91 Å². The van der Waals surface area contributed by atoms with Gasteiger partial charge in [-0.25, -0.2) is 0 Å². The van der Waals surface area contributed by atoms with Crippen molar-refractivity contribution in [1.29, 1.82) is 0 Å². The van der Waals surface area contributed by atoms with E-state index in [1.807, 2.05) is 25.1 Å². The van der Waals surface area contributed by atoms with Gasteiger partial charge in [-0.3, -0.25) is 4.79 Å². The second-order valence-electron chi connectivity index (χ2n) is 6.26. The van der Waals surface area contributed by atoms with Crippen molar-refractivity contribution in [3.63, 3.8) is 0 Å². The van der Waals surface area contributed by atoms with Crippen molar-refractivity contribution in [2.75, 3.05) is 35.2 Å². The highest BCUT2D eigenvalue weighted by molar-refractivity contribution is 5.92. The van der Waals surface area contributed by atoms with Crippen LogP contribution >= 0.6 is 0 Å². The minimum Gasteiger partial charge on any atom is -0.385 e. The number of carbonyl (C=O) groups excluding carboxylic acids is 1. The third-order valence-electron chi connectivity index (χ3n) is 4.35. The molecule has 2 aromatic rings. The first-order valence-electron chi connectivity index (χ1n) is 8.99. The molecule has 2 aromatic carbocycles. The average molecular weight is 339 g/mol. The molecule has 0 aliphatic carbocycles. The van der Waals surface area contributed by atoms with E-state index in [1.54, 1.807) is 0 Å². The molecule has 0 saturated heterocycles. The molecule has 0 heterocycles. The van der Waals surface area contributed by atoms with Gasteiger partial charge in [0.1, 0.15) is 0 Å². The highest BCUT2D eigenvalue weighted by atomic mass is 16.1. The molecule has 2 N–H and O–H groups in total. The summed E-state index contributed by atoms with van der Waals surface area (Å²) in [5, 5.41) is 6.29. The lowest BCUT2D eigenvalue weighted by Crippen LogP contribution is -2.22. The third kappa shape index (κ3) is 5.52. The van der Waals surface area contributed by atoms with E-state index in [4.69, 9.17) is 0 Å². The maximum absolute atomic E-state index is 12.2. The Hall–Kier alpha value is -2.49. The Morgan fingerprint density at radius 2 is 1.68 bits per heavy atom. The number of benzene rings is 2. The summed E-state index contributed by atoms with van der Waals surface area (Å²) in [4.78, 5) is 14.5. The molecule has 0 unspecified atom stereocenters. The molecule has 0 saturated carbocycles. The molecule has 0 radical (unpaired) electrons. The standard InChI is InChI=1S/C21H29N3O/c1-5-24(6-2)19-11-12-20(17(4)15-19)23-21(25)13-14-22-18-9-7-16(3)8-10-18/h7-12,15,22H,5-6,13-14H2,1-4H3,(H,23,25). The van der Waals surface area contributed by atoms with E-state index in [9.17, 15) is 4.79 Å². The van der Waals surface area contributed by atoms with Crippen LogP contribution in [0.4, 0.5) is 17.1 Å². The molecule has 0 atom stereocenters. The van der Waals surface area contributed by atoms with Crippen molar-refractivity contribution < 1.29 is 4.79 Å². The van der Waals surface area contributed by atoms with Crippen LogP contribution in [0.5, 0.6) is 0 Å². The molecule has 134 valence electrons. The fourth-order valence-electron chi connectivity index (χ4n) is 2.78. The molecule has 4 nitrogen and oxygen atoms in total. The quantitative estimate of drug-likeness (QED) is 0.739. The zero-order valence-corrected chi connectivity index (χ0v) is 15.7. The summed E-state index contributed by atoms with van der Waals surface area (Å²) in [5.41, 5.74) is 5.44. The van der Waals surface area contributed by atoms with Crippen molar-refractivity contribution in [3.05, 3.63) is 53.6 Å². The van der Waals surface area contributed by atoms with E-state index < -0.39 is 0 Å². The number of hydrogen-bond donors (Lipinski definition) is 2. The number of amides is 1. The van der Waals surface area contributed by atoms with Crippen LogP contribution in [0.3, 0.4) is 0 Å². The van der Waals surface area contributed by atoms with E-state index in [-0.39, 0.29) is 5.91 Å². The molecule has 0 aromatic heterocycles. The Labute approximate surface area is 151 Å². The summed E-state index contributed by atoms with van der Waals surface area (Å²) in [6.45, 7) is 11.0. The number of anilines is 3. The Balaban J connectivity index is 1.86. The van der Waals surface area contributed by atoms with Crippen molar-refractivity contribution in [2.24, 2.45) is 0 Å². The van der Waals surface area contributed by atoms with Crippen molar-refractivity contribution in [3.8, 4) is 0 Å². The predicted octanol–water partition coefficient (Wildman–Crippen LogP) is 4.59. The molecular formula is C21H29N3O. The van der Waals surface area contributed by atoms with Crippen LogP contribution in [0.2, 0.25) is 0 Å². The smallest absolute Gasteiger partial charge is 0.226 e. The molecule has 0 fully saturated rings. The predicted molar refractivity (Wildman–Crippen MR) is 108 cm³/mol. The van der Waals surface area contributed by atoms with E-state index in [1.165, 1.54) is 11.3 Å². The van der Waals surface area contributed by atoms with E-state index in [0.29, 0.717) is 13.0 Å². The van der Waals surface area contributed by atoms with Gasteiger partial charge in [0.05, 0.1) is 0 Å². The van der Waals surface area contributed by atoms with Gasteiger partial charge in [-0.1, -0.05) is 17.7 Å². The van der Waals surface area contributed by atoms with Gasteiger partial charge < -0.3 is 15.5 Å². The summed E-state index contributed by atoms with van der Waals surface area (Å²) in [6, 6.07) is 14.4. The minimum atomic E-state index is 0.0262. The number of hydrogen-bond acceptors (Lipinski definition) is 3. The molecule has 0 aliphatic rings.